The minimum Gasteiger partial charge on any atom is -0.373 e. The van der Waals surface area contributed by atoms with Gasteiger partial charge < -0.3 is 5.32 Å². The molecule has 0 saturated heterocycles. The predicted octanol–water partition coefficient (Wildman–Crippen LogP) is 4.14. The van der Waals surface area contributed by atoms with Gasteiger partial charge in [-0.2, -0.15) is 0 Å². The Labute approximate surface area is 118 Å². The van der Waals surface area contributed by atoms with Crippen LogP contribution in [0.5, 0.6) is 0 Å². The summed E-state index contributed by atoms with van der Waals surface area (Å²) in [6.45, 7) is 0.0131. The van der Waals surface area contributed by atoms with Gasteiger partial charge in [-0.1, -0.05) is 17.7 Å². The third-order valence-electron chi connectivity index (χ3n) is 2.58. The fourth-order valence-electron chi connectivity index (χ4n) is 1.74. The van der Waals surface area contributed by atoms with Crippen molar-refractivity contribution in [2.75, 3.05) is 5.32 Å². The van der Waals surface area contributed by atoms with Crippen molar-refractivity contribution in [2.45, 2.75) is 6.54 Å². The van der Waals surface area contributed by atoms with Crippen molar-refractivity contribution in [3.63, 3.8) is 0 Å². The summed E-state index contributed by atoms with van der Waals surface area (Å²) in [5.74, 6) is -1.28. The number of hydrogen-bond acceptors (Lipinski definition) is 3. The van der Waals surface area contributed by atoms with Crippen LogP contribution in [0.25, 0.3) is 0 Å². The van der Waals surface area contributed by atoms with Gasteiger partial charge >= 0.3 is 0 Å². The van der Waals surface area contributed by atoms with Crippen molar-refractivity contribution in [1.29, 1.82) is 0 Å². The van der Waals surface area contributed by atoms with E-state index in [0.717, 1.165) is 12.1 Å². The van der Waals surface area contributed by atoms with Gasteiger partial charge in [0.25, 0.3) is 5.69 Å². The average molecular weight is 299 g/mol. The van der Waals surface area contributed by atoms with Crippen LogP contribution in [0.3, 0.4) is 0 Å². The van der Waals surface area contributed by atoms with E-state index in [9.17, 15) is 18.9 Å². The highest BCUT2D eigenvalue weighted by molar-refractivity contribution is 6.30. The molecule has 0 fully saturated rings. The molecular weight excluding hydrogens is 290 g/mol. The smallest absolute Gasteiger partial charge is 0.295 e. The van der Waals surface area contributed by atoms with Gasteiger partial charge in [-0.15, -0.1) is 0 Å². The van der Waals surface area contributed by atoms with Crippen LogP contribution in [-0.4, -0.2) is 4.92 Å². The van der Waals surface area contributed by atoms with Gasteiger partial charge in [-0.05, 0) is 29.8 Å². The van der Waals surface area contributed by atoms with E-state index in [1.54, 1.807) is 0 Å². The quantitative estimate of drug-likeness (QED) is 0.682. The molecule has 0 aliphatic rings. The molecule has 0 bridgehead atoms. The maximum atomic E-state index is 13.6. The molecule has 0 spiro atoms. The molecule has 0 unspecified atom stereocenters. The van der Waals surface area contributed by atoms with Crippen molar-refractivity contribution >= 4 is 23.0 Å². The average Bonchev–Trinajstić information content (AvgIpc) is 2.35. The number of nitro benzene ring substituents is 1. The molecule has 0 radical (unpaired) electrons. The molecule has 2 aromatic rings. The lowest BCUT2D eigenvalue weighted by Gasteiger charge is -2.08. The first-order valence-electron chi connectivity index (χ1n) is 5.59. The number of anilines is 1. The monoisotopic (exact) mass is 298 g/mol. The van der Waals surface area contributed by atoms with Gasteiger partial charge in [-0.25, -0.2) is 8.78 Å². The molecule has 0 saturated carbocycles. The molecular formula is C13H9ClF2N2O2. The van der Waals surface area contributed by atoms with Crippen molar-refractivity contribution < 1.29 is 13.7 Å². The Balaban J connectivity index is 2.25. The molecule has 0 atom stereocenters. The zero-order chi connectivity index (χ0) is 14.7. The summed E-state index contributed by atoms with van der Waals surface area (Å²) in [5, 5.41) is 13.6. The number of nitrogens with one attached hydrogen (secondary N) is 1. The predicted molar refractivity (Wildman–Crippen MR) is 71.8 cm³/mol. The maximum absolute atomic E-state index is 13.6. The van der Waals surface area contributed by atoms with Crippen LogP contribution in [0.4, 0.5) is 20.2 Å². The lowest BCUT2D eigenvalue weighted by molar-refractivity contribution is -0.384. The Bertz CT molecular complexity index is 645. The second kappa shape index (κ2) is 5.83. The Kier molecular flexibility index (Phi) is 4.14. The minimum absolute atomic E-state index is 0.0131. The summed E-state index contributed by atoms with van der Waals surface area (Å²) < 4.78 is 26.8. The first-order valence-corrected chi connectivity index (χ1v) is 5.97. The Morgan fingerprint density at radius 2 is 2.00 bits per heavy atom. The maximum Gasteiger partial charge on any atom is 0.295 e. The highest BCUT2D eigenvalue weighted by Gasteiger charge is 2.17. The van der Waals surface area contributed by atoms with E-state index in [4.69, 9.17) is 11.6 Å². The number of rotatable bonds is 4. The zero-order valence-electron chi connectivity index (χ0n) is 10.1. The van der Waals surface area contributed by atoms with Crippen LogP contribution in [0.15, 0.2) is 36.4 Å². The summed E-state index contributed by atoms with van der Waals surface area (Å²) in [6.07, 6.45) is 0. The lowest BCUT2D eigenvalue weighted by atomic mass is 10.2. The first-order chi connectivity index (χ1) is 9.47. The van der Waals surface area contributed by atoms with E-state index in [0.29, 0.717) is 5.56 Å². The van der Waals surface area contributed by atoms with Gasteiger partial charge in [0.1, 0.15) is 11.5 Å². The van der Waals surface area contributed by atoms with Crippen molar-refractivity contribution in [2.24, 2.45) is 0 Å². The molecule has 0 amide bonds. The molecule has 2 rings (SSSR count). The third kappa shape index (κ3) is 3.21. The van der Waals surface area contributed by atoms with Crippen LogP contribution in [0.1, 0.15) is 5.56 Å². The lowest BCUT2D eigenvalue weighted by Crippen LogP contribution is -2.05. The summed E-state index contributed by atoms with van der Waals surface area (Å²) in [7, 11) is 0. The molecule has 4 nitrogen and oxygen atoms in total. The van der Waals surface area contributed by atoms with Crippen LogP contribution in [0, 0.1) is 21.7 Å². The van der Waals surface area contributed by atoms with E-state index in [2.05, 4.69) is 5.32 Å². The first kappa shape index (κ1) is 14.2. The fraction of sp³-hybridized carbons (Fsp3) is 0.0769. The Hall–Kier alpha value is -2.21. The molecule has 0 aromatic heterocycles. The largest absolute Gasteiger partial charge is 0.373 e. The number of para-hydroxylation sites is 1. The van der Waals surface area contributed by atoms with E-state index in [1.807, 2.05) is 0 Å². The van der Waals surface area contributed by atoms with Crippen LogP contribution in [0.2, 0.25) is 5.02 Å². The summed E-state index contributed by atoms with van der Waals surface area (Å²) >= 11 is 5.69. The number of benzene rings is 2. The van der Waals surface area contributed by atoms with Gasteiger partial charge in [0.15, 0.2) is 5.82 Å². The molecule has 2 aromatic carbocycles. The molecule has 20 heavy (non-hydrogen) atoms. The van der Waals surface area contributed by atoms with Gasteiger partial charge in [0.05, 0.1) is 4.92 Å². The normalized spacial score (nSPS) is 10.3. The zero-order valence-corrected chi connectivity index (χ0v) is 10.8. The molecule has 0 aliphatic heterocycles. The van der Waals surface area contributed by atoms with Crippen LogP contribution < -0.4 is 5.32 Å². The molecule has 7 heteroatoms. The number of hydrogen-bond donors (Lipinski definition) is 1. The number of nitro groups is 1. The Morgan fingerprint density at radius 3 is 2.65 bits per heavy atom. The topological polar surface area (TPSA) is 55.2 Å². The number of nitrogens with zero attached hydrogens (tertiary/aromatic N) is 1. The van der Waals surface area contributed by atoms with E-state index in [-0.39, 0.29) is 22.9 Å². The fourth-order valence-corrected chi connectivity index (χ4v) is 1.99. The van der Waals surface area contributed by atoms with Gasteiger partial charge in [-0.3, -0.25) is 10.1 Å². The van der Waals surface area contributed by atoms with Gasteiger partial charge in [0.2, 0.25) is 0 Å². The highest BCUT2D eigenvalue weighted by atomic mass is 35.5. The second-order valence-electron chi connectivity index (χ2n) is 4.02. The molecule has 1 N–H and O–H groups in total. The minimum atomic E-state index is -0.748. The van der Waals surface area contributed by atoms with E-state index < -0.39 is 16.6 Å². The van der Waals surface area contributed by atoms with Crippen LogP contribution in [-0.2, 0) is 6.54 Å². The standard InChI is InChI=1S/C13H9ClF2N2O2/c14-9-4-8(5-10(15)6-9)7-17-13-11(16)2-1-3-12(13)18(19)20/h1-6,17H,7H2. The third-order valence-corrected chi connectivity index (χ3v) is 2.80. The number of halogens is 3. The van der Waals surface area contributed by atoms with Crippen molar-refractivity contribution in [3.8, 4) is 0 Å². The molecule has 104 valence electrons. The highest BCUT2D eigenvalue weighted by Crippen LogP contribution is 2.27. The van der Waals surface area contributed by atoms with Gasteiger partial charge in [0, 0.05) is 17.6 Å². The molecule has 0 aliphatic carbocycles. The summed E-state index contributed by atoms with van der Waals surface area (Å²) in [5.41, 5.74) is -0.169. The van der Waals surface area contributed by atoms with Crippen molar-refractivity contribution in [1.82, 2.24) is 0 Å². The summed E-state index contributed by atoms with van der Waals surface area (Å²) in [6, 6.07) is 7.38. The van der Waals surface area contributed by atoms with E-state index in [1.165, 1.54) is 24.3 Å². The van der Waals surface area contributed by atoms with Crippen molar-refractivity contribution in [3.05, 3.63) is 68.7 Å². The second-order valence-corrected chi connectivity index (χ2v) is 4.46. The van der Waals surface area contributed by atoms with Crippen LogP contribution >= 0.6 is 11.6 Å². The molecule has 0 heterocycles. The SMILES string of the molecule is O=[N+]([O-])c1cccc(F)c1NCc1cc(F)cc(Cl)c1. The summed E-state index contributed by atoms with van der Waals surface area (Å²) in [4.78, 5) is 10.1. The van der Waals surface area contributed by atoms with E-state index >= 15 is 0 Å². The Morgan fingerprint density at radius 1 is 1.25 bits per heavy atom.